The molecule has 4 heteroatoms. The Morgan fingerprint density at radius 1 is 1.50 bits per heavy atom. The average molecular weight is 191 g/mol. The van der Waals surface area contributed by atoms with Crippen molar-refractivity contribution >= 4 is 10.9 Å². The van der Waals surface area contributed by atoms with Gasteiger partial charge in [-0.1, -0.05) is 12.1 Å². The Kier molecular flexibility index (Phi) is 2.13. The number of methoxy groups -OCH3 is 1. The summed E-state index contributed by atoms with van der Waals surface area (Å²) in [6.07, 6.45) is 0. The minimum Gasteiger partial charge on any atom is -0.494 e. The molecule has 0 saturated carbocycles. The molecule has 74 valence electrons. The van der Waals surface area contributed by atoms with Gasteiger partial charge < -0.3 is 10.5 Å². The van der Waals surface area contributed by atoms with Crippen LogP contribution < -0.4 is 10.5 Å². The van der Waals surface area contributed by atoms with Crippen LogP contribution in [0.25, 0.3) is 10.9 Å². The molecule has 14 heavy (non-hydrogen) atoms. The van der Waals surface area contributed by atoms with Crippen LogP contribution in [0.15, 0.2) is 12.1 Å². The fraction of sp³-hybridized carbons (Fsp3) is 0.300. The Morgan fingerprint density at radius 3 is 2.93 bits per heavy atom. The number of fused-ring (bicyclic) bond motifs is 1. The molecule has 0 unspecified atom stereocenters. The number of benzene rings is 1. The van der Waals surface area contributed by atoms with E-state index in [0.717, 1.165) is 27.9 Å². The quantitative estimate of drug-likeness (QED) is 0.752. The van der Waals surface area contributed by atoms with Gasteiger partial charge in [-0.25, -0.2) is 0 Å². The van der Waals surface area contributed by atoms with Gasteiger partial charge in [-0.3, -0.25) is 5.10 Å². The second-order valence-corrected chi connectivity index (χ2v) is 3.21. The van der Waals surface area contributed by atoms with Crippen LogP contribution in [-0.2, 0) is 6.54 Å². The number of hydrogen-bond donors (Lipinski definition) is 2. The summed E-state index contributed by atoms with van der Waals surface area (Å²) in [5.41, 5.74) is 8.48. The van der Waals surface area contributed by atoms with Crippen molar-refractivity contribution in [1.82, 2.24) is 10.2 Å². The molecular weight excluding hydrogens is 178 g/mol. The molecule has 0 fully saturated rings. The van der Waals surface area contributed by atoms with Gasteiger partial charge in [0.2, 0.25) is 0 Å². The second kappa shape index (κ2) is 3.31. The first-order valence-corrected chi connectivity index (χ1v) is 4.48. The summed E-state index contributed by atoms with van der Waals surface area (Å²) < 4.78 is 5.30. The first-order chi connectivity index (χ1) is 6.77. The molecule has 0 aliphatic rings. The fourth-order valence-corrected chi connectivity index (χ4v) is 1.62. The van der Waals surface area contributed by atoms with E-state index in [1.54, 1.807) is 7.11 Å². The lowest BCUT2D eigenvalue weighted by Gasteiger charge is -2.06. The Balaban J connectivity index is 2.77. The second-order valence-electron chi connectivity index (χ2n) is 3.21. The van der Waals surface area contributed by atoms with E-state index in [1.807, 2.05) is 19.1 Å². The summed E-state index contributed by atoms with van der Waals surface area (Å²) in [6.45, 7) is 2.45. The van der Waals surface area contributed by atoms with E-state index in [-0.39, 0.29) is 0 Å². The lowest BCUT2D eigenvalue weighted by molar-refractivity contribution is 0.414. The van der Waals surface area contributed by atoms with Gasteiger partial charge in [0.25, 0.3) is 0 Å². The Bertz CT molecular complexity index is 462. The van der Waals surface area contributed by atoms with Gasteiger partial charge in [-0.2, -0.15) is 5.10 Å². The third-order valence-electron chi connectivity index (χ3n) is 2.38. The molecule has 0 aliphatic heterocycles. The topological polar surface area (TPSA) is 63.9 Å². The fourth-order valence-electron chi connectivity index (χ4n) is 1.62. The Labute approximate surface area is 82.1 Å². The molecule has 0 bridgehead atoms. The first kappa shape index (κ1) is 9.02. The Morgan fingerprint density at radius 2 is 2.29 bits per heavy atom. The molecule has 0 saturated heterocycles. The molecule has 0 atom stereocenters. The van der Waals surface area contributed by atoms with E-state index in [0.29, 0.717) is 6.54 Å². The molecule has 4 nitrogen and oxygen atoms in total. The molecule has 0 radical (unpaired) electrons. The van der Waals surface area contributed by atoms with Crippen molar-refractivity contribution in [3.63, 3.8) is 0 Å². The van der Waals surface area contributed by atoms with Crippen molar-refractivity contribution in [3.05, 3.63) is 23.4 Å². The lowest BCUT2D eigenvalue weighted by atomic mass is 10.1. The predicted molar refractivity (Wildman–Crippen MR) is 55.3 cm³/mol. The summed E-state index contributed by atoms with van der Waals surface area (Å²) in [5, 5.41) is 8.21. The molecule has 0 aliphatic carbocycles. The van der Waals surface area contributed by atoms with Gasteiger partial charge in [-0.15, -0.1) is 0 Å². The molecule has 0 spiro atoms. The minimum atomic E-state index is 0.463. The number of hydrogen-bond acceptors (Lipinski definition) is 3. The van der Waals surface area contributed by atoms with Gasteiger partial charge in [-0.05, 0) is 6.92 Å². The zero-order valence-electron chi connectivity index (χ0n) is 8.29. The van der Waals surface area contributed by atoms with Gasteiger partial charge in [0.15, 0.2) is 5.75 Å². The number of ether oxygens (including phenoxy) is 1. The molecule has 2 rings (SSSR count). The van der Waals surface area contributed by atoms with E-state index in [1.165, 1.54) is 0 Å². The average Bonchev–Trinajstić information content (AvgIpc) is 2.59. The number of aromatic amines is 1. The third-order valence-corrected chi connectivity index (χ3v) is 2.38. The molecule has 0 amide bonds. The number of aromatic nitrogens is 2. The number of nitrogens with zero attached hydrogens (tertiary/aromatic N) is 1. The standard InChI is InChI=1S/C10H13N3O/c1-6-8-4-3-7(5-11)10(14-2)9(8)13-12-6/h3-4H,5,11H2,1-2H3,(H,12,13). The van der Waals surface area contributed by atoms with Gasteiger partial charge in [0.05, 0.1) is 7.11 Å². The van der Waals surface area contributed by atoms with Crippen LogP contribution in [0.5, 0.6) is 5.75 Å². The summed E-state index contributed by atoms with van der Waals surface area (Å²) >= 11 is 0. The highest BCUT2D eigenvalue weighted by Crippen LogP contribution is 2.29. The van der Waals surface area contributed by atoms with Crippen LogP contribution >= 0.6 is 0 Å². The maximum Gasteiger partial charge on any atom is 0.151 e. The van der Waals surface area contributed by atoms with Crippen LogP contribution in [0.3, 0.4) is 0 Å². The minimum absolute atomic E-state index is 0.463. The summed E-state index contributed by atoms with van der Waals surface area (Å²) in [4.78, 5) is 0. The van der Waals surface area contributed by atoms with Crippen molar-refractivity contribution in [2.45, 2.75) is 13.5 Å². The molecule has 1 aromatic heterocycles. The normalized spacial score (nSPS) is 10.8. The first-order valence-electron chi connectivity index (χ1n) is 4.48. The van der Waals surface area contributed by atoms with E-state index in [9.17, 15) is 0 Å². The Hall–Kier alpha value is -1.55. The van der Waals surface area contributed by atoms with E-state index in [2.05, 4.69) is 10.2 Å². The van der Waals surface area contributed by atoms with Gasteiger partial charge in [0.1, 0.15) is 5.52 Å². The van der Waals surface area contributed by atoms with Crippen LogP contribution in [-0.4, -0.2) is 17.3 Å². The van der Waals surface area contributed by atoms with Crippen molar-refractivity contribution < 1.29 is 4.74 Å². The smallest absolute Gasteiger partial charge is 0.151 e. The highest BCUT2D eigenvalue weighted by Gasteiger charge is 2.10. The van der Waals surface area contributed by atoms with E-state index < -0.39 is 0 Å². The largest absolute Gasteiger partial charge is 0.494 e. The summed E-state index contributed by atoms with van der Waals surface area (Å²) in [6, 6.07) is 3.99. The van der Waals surface area contributed by atoms with Crippen LogP contribution in [0, 0.1) is 6.92 Å². The third kappa shape index (κ3) is 1.15. The number of aryl methyl sites for hydroxylation is 1. The maximum absolute atomic E-state index is 5.61. The van der Waals surface area contributed by atoms with Crippen LogP contribution in [0.4, 0.5) is 0 Å². The maximum atomic E-state index is 5.61. The molecule has 3 N–H and O–H groups in total. The van der Waals surface area contributed by atoms with Crippen LogP contribution in [0.1, 0.15) is 11.3 Å². The number of H-pyrrole nitrogens is 1. The highest BCUT2D eigenvalue weighted by atomic mass is 16.5. The van der Waals surface area contributed by atoms with Gasteiger partial charge >= 0.3 is 0 Å². The van der Waals surface area contributed by atoms with Crippen molar-refractivity contribution in [3.8, 4) is 5.75 Å². The zero-order valence-corrected chi connectivity index (χ0v) is 8.29. The van der Waals surface area contributed by atoms with Crippen molar-refractivity contribution in [1.29, 1.82) is 0 Å². The highest BCUT2D eigenvalue weighted by molar-refractivity contribution is 5.87. The lowest BCUT2D eigenvalue weighted by Crippen LogP contribution is -2.00. The van der Waals surface area contributed by atoms with Crippen molar-refractivity contribution in [2.75, 3.05) is 7.11 Å². The SMILES string of the molecule is COc1c(CN)ccc2c(C)[nH]nc12. The van der Waals surface area contributed by atoms with E-state index in [4.69, 9.17) is 10.5 Å². The molecule has 2 aromatic rings. The van der Waals surface area contributed by atoms with Crippen molar-refractivity contribution in [2.24, 2.45) is 5.73 Å². The van der Waals surface area contributed by atoms with Gasteiger partial charge in [0, 0.05) is 23.2 Å². The van der Waals surface area contributed by atoms with E-state index >= 15 is 0 Å². The molecular formula is C10H13N3O. The predicted octanol–water partition coefficient (Wildman–Crippen LogP) is 1.34. The zero-order chi connectivity index (χ0) is 10.1. The number of nitrogens with one attached hydrogen (secondary N) is 1. The number of nitrogens with two attached hydrogens (primary N) is 1. The summed E-state index contributed by atoms with van der Waals surface area (Å²) in [5.74, 6) is 0.773. The van der Waals surface area contributed by atoms with Crippen LogP contribution in [0.2, 0.25) is 0 Å². The summed E-state index contributed by atoms with van der Waals surface area (Å²) in [7, 11) is 1.64. The monoisotopic (exact) mass is 191 g/mol. The number of rotatable bonds is 2. The molecule has 1 heterocycles. The molecule has 1 aromatic carbocycles.